The van der Waals surface area contributed by atoms with Gasteiger partial charge in [0, 0.05) is 30.9 Å². The van der Waals surface area contributed by atoms with E-state index in [0.717, 1.165) is 19.0 Å². The Hall–Kier alpha value is -1.25. The predicted octanol–water partition coefficient (Wildman–Crippen LogP) is 4.67. The van der Waals surface area contributed by atoms with Gasteiger partial charge in [-0.1, -0.05) is 5.16 Å². The molecule has 0 fully saturated rings. The lowest BCUT2D eigenvalue weighted by Gasteiger charge is -1.99. The molecule has 0 aliphatic heterocycles. The molecule has 0 aliphatic rings. The Labute approximate surface area is 145 Å². The summed E-state index contributed by atoms with van der Waals surface area (Å²) in [6.45, 7) is 0. The highest BCUT2D eigenvalue weighted by Gasteiger charge is 2.15. The zero-order chi connectivity index (χ0) is 15.0. The maximum atomic E-state index is 5.85. The van der Waals surface area contributed by atoms with Gasteiger partial charge in [0.25, 0.3) is 5.89 Å². The van der Waals surface area contributed by atoms with Gasteiger partial charge in [0.1, 0.15) is 5.69 Å². The van der Waals surface area contributed by atoms with Crippen LogP contribution < -0.4 is 5.73 Å². The fourth-order valence-electron chi connectivity index (χ4n) is 1.69. The molecule has 5 nitrogen and oxygen atoms in total. The third-order valence-corrected chi connectivity index (χ3v) is 4.45. The number of hydrogen-bond donors (Lipinski definition) is 1. The lowest BCUT2D eigenvalue weighted by molar-refractivity contribution is 0.432. The summed E-state index contributed by atoms with van der Waals surface area (Å²) >= 11 is 10.1. The lowest BCUT2D eigenvalue weighted by atomic mass is 10.2. The molecule has 2 heterocycles. The summed E-state index contributed by atoms with van der Waals surface area (Å²) in [5.41, 5.74) is 7.82. The Balaban J connectivity index is 2.01. The quantitative estimate of drug-likeness (QED) is 0.546. The van der Waals surface area contributed by atoms with E-state index < -0.39 is 0 Å². The van der Waals surface area contributed by atoms with Gasteiger partial charge in [0.05, 0.1) is 0 Å². The van der Waals surface area contributed by atoms with Gasteiger partial charge in [-0.05, 0) is 72.1 Å². The summed E-state index contributed by atoms with van der Waals surface area (Å²) in [7, 11) is 0. The van der Waals surface area contributed by atoms with Gasteiger partial charge < -0.3 is 10.3 Å². The van der Waals surface area contributed by atoms with Crippen LogP contribution >= 0.6 is 47.8 Å². The van der Waals surface area contributed by atoms with Crippen LogP contribution in [0.15, 0.2) is 48.4 Å². The molecule has 2 aromatic heterocycles. The van der Waals surface area contributed by atoms with Crippen molar-refractivity contribution in [1.82, 2.24) is 15.1 Å². The molecule has 1 aromatic carbocycles. The molecular weight excluding hydrogens is 468 g/mol. The second-order valence-corrected chi connectivity index (χ2v) is 6.77. The summed E-state index contributed by atoms with van der Waals surface area (Å²) in [5.74, 6) is 0.798. The average molecular weight is 475 g/mol. The van der Waals surface area contributed by atoms with E-state index in [-0.39, 0.29) is 0 Å². The lowest BCUT2D eigenvalue weighted by Crippen LogP contribution is -1.89. The number of aromatic nitrogens is 3. The maximum Gasteiger partial charge on any atom is 0.258 e. The van der Waals surface area contributed by atoms with Gasteiger partial charge in [0.15, 0.2) is 0 Å². The SMILES string of the molecule is Nc1cc(-c2nc(-c3ncc(Br)cc3Br)no2)ccc1Br. The third kappa shape index (κ3) is 3.02. The maximum absolute atomic E-state index is 5.85. The van der Waals surface area contributed by atoms with Crippen molar-refractivity contribution in [1.29, 1.82) is 0 Å². The van der Waals surface area contributed by atoms with E-state index in [9.17, 15) is 0 Å². The summed E-state index contributed by atoms with van der Waals surface area (Å²) in [6.07, 6.45) is 1.67. The van der Waals surface area contributed by atoms with E-state index in [4.69, 9.17) is 10.3 Å². The molecule has 3 aromatic rings. The molecule has 0 saturated carbocycles. The van der Waals surface area contributed by atoms with E-state index in [0.29, 0.717) is 23.1 Å². The van der Waals surface area contributed by atoms with Crippen molar-refractivity contribution in [3.63, 3.8) is 0 Å². The number of halogens is 3. The van der Waals surface area contributed by atoms with Gasteiger partial charge in [0.2, 0.25) is 5.82 Å². The van der Waals surface area contributed by atoms with Crippen molar-refractivity contribution in [2.24, 2.45) is 0 Å². The number of anilines is 1. The van der Waals surface area contributed by atoms with Crippen molar-refractivity contribution >= 4 is 53.5 Å². The zero-order valence-corrected chi connectivity index (χ0v) is 15.1. The van der Waals surface area contributed by atoms with Gasteiger partial charge in [-0.15, -0.1) is 0 Å². The number of pyridine rings is 1. The number of rotatable bonds is 2. The van der Waals surface area contributed by atoms with Crippen LogP contribution in [-0.2, 0) is 0 Å². The molecular formula is C13H7Br3N4O. The number of hydrogen-bond acceptors (Lipinski definition) is 5. The van der Waals surface area contributed by atoms with Gasteiger partial charge in [-0.2, -0.15) is 4.98 Å². The summed E-state index contributed by atoms with van der Waals surface area (Å²) in [4.78, 5) is 8.63. The normalized spacial score (nSPS) is 10.8. The van der Waals surface area contributed by atoms with Crippen LogP contribution in [0.4, 0.5) is 5.69 Å². The standard InChI is InChI=1S/C13H7Br3N4O/c14-7-4-9(16)11(18-5-7)12-19-13(21-20-12)6-1-2-8(15)10(17)3-6/h1-5H,17H2. The van der Waals surface area contributed by atoms with E-state index >= 15 is 0 Å². The van der Waals surface area contributed by atoms with E-state index in [1.165, 1.54) is 0 Å². The smallest absolute Gasteiger partial charge is 0.258 e. The van der Waals surface area contributed by atoms with Gasteiger partial charge >= 0.3 is 0 Å². The fraction of sp³-hybridized carbons (Fsp3) is 0. The van der Waals surface area contributed by atoms with Crippen LogP contribution in [0.1, 0.15) is 0 Å². The number of benzene rings is 1. The second kappa shape index (κ2) is 5.86. The van der Waals surface area contributed by atoms with E-state index in [1.54, 1.807) is 12.3 Å². The topological polar surface area (TPSA) is 77.8 Å². The molecule has 106 valence electrons. The Kier molecular flexibility index (Phi) is 4.10. The highest BCUT2D eigenvalue weighted by atomic mass is 79.9. The van der Waals surface area contributed by atoms with Crippen molar-refractivity contribution < 1.29 is 4.52 Å². The van der Waals surface area contributed by atoms with Gasteiger partial charge in [-0.3, -0.25) is 4.98 Å². The van der Waals surface area contributed by atoms with Crippen LogP contribution in [-0.4, -0.2) is 15.1 Å². The fourth-order valence-corrected chi connectivity index (χ4v) is 3.10. The zero-order valence-electron chi connectivity index (χ0n) is 10.3. The van der Waals surface area contributed by atoms with Crippen molar-refractivity contribution in [3.8, 4) is 23.0 Å². The van der Waals surface area contributed by atoms with Crippen LogP contribution in [0.25, 0.3) is 23.0 Å². The predicted molar refractivity (Wildman–Crippen MR) is 90.5 cm³/mol. The van der Waals surface area contributed by atoms with Crippen LogP contribution in [0.2, 0.25) is 0 Å². The molecule has 0 bridgehead atoms. The average Bonchev–Trinajstić information content (AvgIpc) is 2.91. The molecule has 0 unspecified atom stereocenters. The summed E-state index contributed by atoms with van der Waals surface area (Å²) < 4.78 is 7.74. The Morgan fingerprint density at radius 2 is 1.86 bits per heavy atom. The first-order chi connectivity index (χ1) is 10.0. The second-order valence-electron chi connectivity index (χ2n) is 4.14. The monoisotopic (exact) mass is 472 g/mol. The molecule has 0 radical (unpaired) electrons. The Morgan fingerprint density at radius 3 is 2.57 bits per heavy atom. The Bertz CT molecular complexity index is 819. The van der Waals surface area contributed by atoms with Gasteiger partial charge in [-0.25, -0.2) is 0 Å². The van der Waals surface area contributed by atoms with Crippen LogP contribution in [0.5, 0.6) is 0 Å². The number of nitrogen functional groups attached to an aromatic ring is 1. The highest BCUT2D eigenvalue weighted by Crippen LogP contribution is 2.30. The molecule has 3 rings (SSSR count). The first-order valence-corrected chi connectivity index (χ1v) is 8.13. The molecule has 0 amide bonds. The van der Waals surface area contributed by atoms with E-state index in [2.05, 4.69) is 62.9 Å². The summed E-state index contributed by atoms with van der Waals surface area (Å²) in [6, 6.07) is 7.32. The number of nitrogens with zero attached hydrogens (tertiary/aromatic N) is 3. The van der Waals surface area contributed by atoms with Crippen LogP contribution in [0.3, 0.4) is 0 Å². The molecule has 0 saturated heterocycles. The number of nitrogens with two attached hydrogens (primary N) is 1. The van der Waals surface area contributed by atoms with Crippen LogP contribution in [0, 0.1) is 0 Å². The first-order valence-electron chi connectivity index (χ1n) is 5.75. The van der Waals surface area contributed by atoms with Crippen molar-refractivity contribution in [3.05, 3.63) is 43.9 Å². The van der Waals surface area contributed by atoms with Crippen molar-refractivity contribution in [2.45, 2.75) is 0 Å². The molecule has 0 aliphatic carbocycles. The molecule has 0 atom stereocenters. The molecule has 2 N–H and O–H groups in total. The highest BCUT2D eigenvalue weighted by molar-refractivity contribution is 9.11. The first kappa shape index (κ1) is 14.7. The largest absolute Gasteiger partial charge is 0.398 e. The molecule has 0 spiro atoms. The van der Waals surface area contributed by atoms with E-state index in [1.807, 2.05) is 18.2 Å². The minimum absolute atomic E-state index is 0.390. The third-order valence-electron chi connectivity index (χ3n) is 2.69. The minimum atomic E-state index is 0.390. The minimum Gasteiger partial charge on any atom is -0.398 e. The summed E-state index contributed by atoms with van der Waals surface area (Å²) in [5, 5.41) is 3.96. The molecule has 21 heavy (non-hydrogen) atoms. The van der Waals surface area contributed by atoms with Crippen molar-refractivity contribution in [2.75, 3.05) is 5.73 Å². The molecule has 8 heteroatoms. The Morgan fingerprint density at radius 1 is 1.05 bits per heavy atom.